The highest BCUT2D eigenvalue weighted by molar-refractivity contribution is 5.75. The van der Waals surface area contributed by atoms with Gasteiger partial charge in [0.25, 0.3) is 5.92 Å². The van der Waals surface area contributed by atoms with E-state index in [1.807, 2.05) is 0 Å². The second kappa shape index (κ2) is 2.73. The molecule has 3 nitrogen and oxygen atoms in total. The van der Waals surface area contributed by atoms with Gasteiger partial charge in [-0.25, -0.2) is 8.78 Å². The number of rotatable bonds is 1. The maximum Gasteiger partial charge on any atom is 0.326 e. The zero-order valence-corrected chi connectivity index (χ0v) is 5.81. The molecule has 1 aliphatic heterocycles. The molecule has 64 valence electrons. The van der Waals surface area contributed by atoms with E-state index < -0.39 is 17.9 Å². The van der Waals surface area contributed by atoms with Gasteiger partial charge in [0.2, 0.25) is 0 Å². The maximum atomic E-state index is 12.7. The van der Waals surface area contributed by atoms with Gasteiger partial charge in [-0.15, -0.1) is 0 Å². The molecule has 0 bridgehead atoms. The van der Waals surface area contributed by atoms with Crippen molar-refractivity contribution in [2.45, 2.75) is 24.8 Å². The highest BCUT2D eigenvalue weighted by atomic mass is 19.3. The van der Waals surface area contributed by atoms with Crippen molar-refractivity contribution < 1.29 is 18.7 Å². The van der Waals surface area contributed by atoms with E-state index in [0.717, 1.165) is 0 Å². The van der Waals surface area contributed by atoms with Crippen LogP contribution in [0.1, 0.15) is 12.8 Å². The van der Waals surface area contributed by atoms with Gasteiger partial charge in [-0.05, 0) is 13.0 Å². The fourth-order valence-electron chi connectivity index (χ4n) is 1.13. The van der Waals surface area contributed by atoms with E-state index in [0.29, 0.717) is 13.0 Å². The molecule has 0 aromatic rings. The van der Waals surface area contributed by atoms with Crippen LogP contribution in [0, 0.1) is 0 Å². The maximum absolute atomic E-state index is 12.7. The minimum atomic E-state index is -3.09. The van der Waals surface area contributed by atoms with Crippen LogP contribution in [-0.2, 0) is 4.79 Å². The standard InChI is InChI=1S/C6H9F2NO2/c7-6(8)2-1-3-9-4(6)5(10)11/h4,9H,1-3H2,(H,10,11). The number of carboxylic acids is 1. The van der Waals surface area contributed by atoms with Crippen molar-refractivity contribution in [1.29, 1.82) is 0 Å². The van der Waals surface area contributed by atoms with Crippen molar-refractivity contribution in [2.24, 2.45) is 0 Å². The first-order chi connectivity index (χ1) is 5.04. The van der Waals surface area contributed by atoms with Gasteiger partial charge in [0, 0.05) is 6.42 Å². The molecule has 2 N–H and O–H groups in total. The Kier molecular flexibility index (Phi) is 2.08. The lowest BCUT2D eigenvalue weighted by molar-refractivity contribution is -0.153. The van der Waals surface area contributed by atoms with E-state index in [4.69, 9.17) is 5.11 Å². The Hall–Kier alpha value is -0.710. The predicted octanol–water partition coefficient (Wildman–Crippen LogP) is 0.458. The highest BCUT2D eigenvalue weighted by Gasteiger charge is 2.45. The second-order valence-corrected chi connectivity index (χ2v) is 2.59. The number of hydrogen-bond acceptors (Lipinski definition) is 2. The summed E-state index contributed by atoms with van der Waals surface area (Å²) < 4.78 is 25.4. The van der Waals surface area contributed by atoms with Crippen LogP contribution in [0.4, 0.5) is 8.78 Å². The van der Waals surface area contributed by atoms with E-state index in [1.54, 1.807) is 0 Å². The molecule has 0 aliphatic carbocycles. The Balaban J connectivity index is 2.67. The normalized spacial score (nSPS) is 29.8. The number of alkyl halides is 2. The van der Waals surface area contributed by atoms with Crippen LogP contribution in [0.3, 0.4) is 0 Å². The lowest BCUT2D eigenvalue weighted by Gasteiger charge is -2.28. The zero-order valence-electron chi connectivity index (χ0n) is 5.81. The molecule has 5 heteroatoms. The lowest BCUT2D eigenvalue weighted by atomic mass is 10.0. The summed E-state index contributed by atoms with van der Waals surface area (Å²) in [6.45, 7) is 0.354. The predicted molar refractivity (Wildman–Crippen MR) is 33.6 cm³/mol. The first-order valence-corrected chi connectivity index (χ1v) is 3.38. The number of nitrogens with one attached hydrogen (secondary N) is 1. The number of aliphatic carboxylic acids is 1. The Bertz CT molecular complexity index is 172. The van der Waals surface area contributed by atoms with Crippen molar-refractivity contribution in [2.75, 3.05) is 6.54 Å². The summed E-state index contributed by atoms with van der Waals surface area (Å²) in [7, 11) is 0. The van der Waals surface area contributed by atoms with Crippen molar-refractivity contribution in [3.8, 4) is 0 Å². The minimum absolute atomic E-state index is 0.330. The molecule has 0 amide bonds. The third kappa shape index (κ3) is 1.65. The molecule has 0 aromatic heterocycles. The van der Waals surface area contributed by atoms with E-state index in [1.165, 1.54) is 0 Å². The van der Waals surface area contributed by atoms with Crippen LogP contribution in [-0.4, -0.2) is 29.6 Å². The fourth-order valence-corrected chi connectivity index (χ4v) is 1.13. The van der Waals surface area contributed by atoms with Crippen LogP contribution >= 0.6 is 0 Å². The third-order valence-electron chi connectivity index (χ3n) is 1.70. The molecular formula is C6H9F2NO2. The topological polar surface area (TPSA) is 49.3 Å². The summed E-state index contributed by atoms with van der Waals surface area (Å²) >= 11 is 0. The Morgan fingerprint density at radius 3 is 2.64 bits per heavy atom. The summed E-state index contributed by atoms with van der Waals surface area (Å²) in [4.78, 5) is 10.2. The summed E-state index contributed by atoms with van der Waals surface area (Å²) in [6, 6.07) is -1.70. The van der Waals surface area contributed by atoms with E-state index >= 15 is 0 Å². The van der Waals surface area contributed by atoms with Gasteiger partial charge in [0.15, 0.2) is 6.04 Å². The molecule has 1 unspecified atom stereocenters. The van der Waals surface area contributed by atoms with E-state index in [-0.39, 0.29) is 6.42 Å². The second-order valence-electron chi connectivity index (χ2n) is 2.59. The van der Waals surface area contributed by atoms with Crippen molar-refractivity contribution in [3.63, 3.8) is 0 Å². The molecule has 0 spiro atoms. The molecule has 1 fully saturated rings. The Morgan fingerprint density at radius 1 is 1.64 bits per heavy atom. The van der Waals surface area contributed by atoms with Crippen LogP contribution < -0.4 is 5.32 Å². The van der Waals surface area contributed by atoms with Gasteiger partial charge in [0.1, 0.15) is 0 Å². The van der Waals surface area contributed by atoms with Gasteiger partial charge < -0.3 is 5.11 Å². The third-order valence-corrected chi connectivity index (χ3v) is 1.70. The molecule has 1 atom stereocenters. The van der Waals surface area contributed by atoms with Crippen molar-refractivity contribution in [3.05, 3.63) is 0 Å². The molecule has 0 radical (unpaired) electrons. The molecule has 1 heterocycles. The SMILES string of the molecule is O=C(O)C1NCCCC1(F)F. The van der Waals surface area contributed by atoms with Crippen molar-refractivity contribution in [1.82, 2.24) is 5.32 Å². The summed E-state index contributed by atoms with van der Waals surface area (Å²) in [5.41, 5.74) is 0. The van der Waals surface area contributed by atoms with E-state index in [9.17, 15) is 13.6 Å². The zero-order chi connectivity index (χ0) is 8.48. The number of hydrogen-bond donors (Lipinski definition) is 2. The van der Waals surface area contributed by atoms with Gasteiger partial charge in [-0.2, -0.15) is 0 Å². The summed E-state index contributed by atoms with van der Waals surface area (Å²) in [5.74, 6) is -4.57. The molecule has 11 heavy (non-hydrogen) atoms. The van der Waals surface area contributed by atoms with Gasteiger partial charge in [0.05, 0.1) is 0 Å². The van der Waals surface area contributed by atoms with Gasteiger partial charge in [-0.1, -0.05) is 0 Å². The number of carboxylic acid groups (broad SMARTS) is 1. The summed E-state index contributed by atoms with van der Waals surface area (Å²) in [6.07, 6.45) is -0.00620. The first-order valence-electron chi connectivity index (χ1n) is 3.38. The van der Waals surface area contributed by atoms with Gasteiger partial charge in [-0.3, -0.25) is 10.1 Å². The minimum Gasteiger partial charge on any atom is -0.480 e. The molecule has 0 aromatic carbocycles. The van der Waals surface area contributed by atoms with Crippen LogP contribution in [0.25, 0.3) is 0 Å². The van der Waals surface area contributed by atoms with Crippen molar-refractivity contribution >= 4 is 5.97 Å². The quantitative estimate of drug-likeness (QED) is 0.593. The molecule has 1 rings (SSSR count). The number of carbonyl (C=O) groups is 1. The monoisotopic (exact) mass is 165 g/mol. The fraction of sp³-hybridized carbons (Fsp3) is 0.833. The highest BCUT2D eigenvalue weighted by Crippen LogP contribution is 2.27. The lowest BCUT2D eigenvalue weighted by Crippen LogP contribution is -2.54. The van der Waals surface area contributed by atoms with Crippen LogP contribution in [0.2, 0.25) is 0 Å². The number of piperidine rings is 1. The number of halogens is 2. The van der Waals surface area contributed by atoms with Crippen LogP contribution in [0.15, 0.2) is 0 Å². The average molecular weight is 165 g/mol. The van der Waals surface area contributed by atoms with E-state index in [2.05, 4.69) is 5.32 Å². The average Bonchev–Trinajstić information content (AvgIpc) is 1.85. The molecular weight excluding hydrogens is 156 g/mol. The largest absolute Gasteiger partial charge is 0.480 e. The van der Waals surface area contributed by atoms with Crippen LogP contribution in [0.5, 0.6) is 0 Å². The smallest absolute Gasteiger partial charge is 0.326 e. The molecule has 1 aliphatic rings. The van der Waals surface area contributed by atoms with Gasteiger partial charge >= 0.3 is 5.97 Å². The Morgan fingerprint density at radius 2 is 2.27 bits per heavy atom. The Labute approximate surface area is 62.4 Å². The molecule has 1 saturated heterocycles. The first kappa shape index (κ1) is 8.39. The molecule has 0 saturated carbocycles. The summed E-state index contributed by atoms with van der Waals surface area (Å²) in [5, 5.41) is 10.6.